The quantitative estimate of drug-likeness (QED) is 0.482. The highest BCUT2D eigenvalue weighted by molar-refractivity contribution is 7.90. The van der Waals surface area contributed by atoms with Crippen LogP contribution in [0.25, 0.3) is 20.4 Å². The Morgan fingerprint density at radius 3 is 2.55 bits per heavy atom. The fraction of sp³-hybridized carbons (Fsp3) is 0.333. The van der Waals surface area contributed by atoms with E-state index in [4.69, 9.17) is 10.1 Å². The predicted molar refractivity (Wildman–Crippen MR) is 120 cm³/mol. The van der Waals surface area contributed by atoms with E-state index < -0.39 is 9.84 Å². The van der Waals surface area contributed by atoms with Crippen molar-refractivity contribution in [3.63, 3.8) is 0 Å². The molecule has 0 amide bonds. The zero-order valence-corrected chi connectivity index (χ0v) is 18.6. The van der Waals surface area contributed by atoms with E-state index in [9.17, 15) is 8.42 Å². The number of fused-ring (bicyclic) bond motifs is 3. The lowest BCUT2D eigenvalue weighted by Gasteiger charge is -2.05. The molecule has 0 saturated carbocycles. The second kappa shape index (κ2) is 7.42. The molecule has 3 aromatic heterocycles. The van der Waals surface area contributed by atoms with Crippen LogP contribution in [0.4, 0.5) is 5.82 Å². The molecule has 152 valence electrons. The van der Waals surface area contributed by atoms with Crippen LogP contribution in [0.1, 0.15) is 30.2 Å². The number of anilines is 1. The molecule has 0 bridgehead atoms. The number of pyridine rings is 1. The number of aryl methyl sites for hydroxylation is 3. The standard InChI is InChI=1S/C21H24N4O2S2/c1-5-10-25-18-17-13(2)11-14(3)23-21(17)28-19(18)20(24-25)22-12-15-6-8-16(9-7-15)29(4,26)27/h6-9,11H,5,10,12H2,1-4H3,(H,22,24). The molecule has 8 heteroatoms. The molecule has 0 saturated heterocycles. The summed E-state index contributed by atoms with van der Waals surface area (Å²) in [6, 6.07) is 9.08. The molecule has 1 N–H and O–H groups in total. The van der Waals surface area contributed by atoms with Crippen molar-refractivity contribution < 1.29 is 8.42 Å². The summed E-state index contributed by atoms with van der Waals surface area (Å²) in [4.78, 5) is 6.10. The minimum absolute atomic E-state index is 0.331. The van der Waals surface area contributed by atoms with E-state index in [1.807, 2.05) is 19.1 Å². The number of nitrogens with zero attached hydrogens (tertiary/aromatic N) is 3. The van der Waals surface area contributed by atoms with Crippen LogP contribution in [0.3, 0.4) is 0 Å². The first-order chi connectivity index (χ1) is 13.8. The summed E-state index contributed by atoms with van der Waals surface area (Å²) in [6.45, 7) is 7.72. The van der Waals surface area contributed by atoms with Crippen LogP contribution in [0.2, 0.25) is 0 Å². The Morgan fingerprint density at radius 2 is 1.90 bits per heavy atom. The average Bonchev–Trinajstić information content (AvgIpc) is 3.17. The lowest BCUT2D eigenvalue weighted by Crippen LogP contribution is -2.04. The topological polar surface area (TPSA) is 76.9 Å². The number of thiophene rings is 1. The fourth-order valence-corrected chi connectivity index (χ4v) is 5.46. The van der Waals surface area contributed by atoms with E-state index in [0.29, 0.717) is 11.4 Å². The van der Waals surface area contributed by atoms with Crippen molar-refractivity contribution in [3.05, 3.63) is 47.2 Å². The number of rotatable bonds is 6. The Bertz CT molecular complexity index is 1300. The van der Waals surface area contributed by atoms with Gasteiger partial charge in [0.1, 0.15) is 4.83 Å². The summed E-state index contributed by atoms with van der Waals surface area (Å²) in [7, 11) is -3.18. The molecule has 0 aliphatic heterocycles. The second-order valence-electron chi connectivity index (χ2n) is 7.38. The SMILES string of the molecule is CCCn1nc(NCc2ccc(S(C)(=O)=O)cc2)c2sc3nc(C)cc(C)c3c21. The molecule has 3 heterocycles. The van der Waals surface area contributed by atoms with Gasteiger partial charge in [-0.25, -0.2) is 13.4 Å². The monoisotopic (exact) mass is 428 g/mol. The minimum Gasteiger partial charge on any atom is -0.363 e. The number of sulfone groups is 1. The van der Waals surface area contributed by atoms with Crippen molar-refractivity contribution in [2.45, 2.75) is 45.2 Å². The lowest BCUT2D eigenvalue weighted by atomic mass is 10.1. The summed E-state index contributed by atoms with van der Waals surface area (Å²) >= 11 is 1.67. The largest absolute Gasteiger partial charge is 0.363 e. The van der Waals surface area contributed by atoms with Gasteiger partial charge in [-0.2, -0.15) is 5.10 Å². The van der Waals surface area contributed by atoms with Gasteiger partial charge in [0.05, 0.1) is 15.1 Å². The molecular formula is C21H24N4O2S2. The zero-order chi connectivity index (χ0) is 20.8. The highest BCUT2D eigenvalue weighted by Crippen LogP contribution is 2.39. The van der Waals surface area contributed by atoms with Crippen LogP contribution in [0, 0.1) is 13.8 Å². The molecule has 1 aromatic carbocycles. The first kappa shape index (κ1) is 19.8. The first-order valence-corrected chi connectivity index (χ1v) is 12.3. The third-order valence-corrected chi connectivity index (χ3v) is 7.11. The van der Waals surface area contributed by atoms with Crippen molar-refractivity contribution in [1.82, 2.24) is 14.8 Å². The van der Waals surface area contributed by atoms with Gasteiger partial charge in [0, 0.05) is 30.4 Å². The van der Waals surface area contributed by atoms with E-state index in [-0.39, 0.29) is 0 Å². The van der Waals surface area contributed by atoms with E-state index in [1.165, 1.54) is 17.2 Å². The van der Waals surface area contributed by atoms with E-state index >= 15 is 0 Å². The molecule has 4 rings (SSSR count). The second-order valence-corrected chi connectivity index (χ2v) is 10.4. The number of aromatic nitrogens is 3. The molecule has 0 fully saturated rings. The molecule has 0 aliphatic carbocycles. The van der Waals surface area contributed by atoms with Gasteiger partial charge in [0.15, 0.2) is 15.7 Å². The Kier molecular flexibility index (Phi) is 5.08. The van der Waals surface area contributed by atoms with Gasteiger partial charge in [0.2, 0.25) is 0 Å². The molecule has 0 unspecified atom stereocenters. The van der Waals surface area contributed by atoms with E-state index in [2.05, 4.69) is 29.9 Å². The van der Waals surface area contributed by atoms with Gasteiger partial charge in [0.25, 0.3) is 0 Å². The van der Waals surface area contributed by atoms with Gasteiger partial charge in [-0.3, -0.25) is 4.68 Å². The van der Waals surface area contributed by atoms with Gasteiger partial charge in [-0.15, -0.1) is 11.3 Å². The van der Waals surface area contributed by atoms with Gasteiger partial charge < -0.3 is 5.32 Å². The summed E-state index contributed by atoms with van der Waals surface area (Å²) in [5.41, 5.74) is 4.39. The maximum Gasteiger partial charge on any atom is 0.175 e. The average molecular weight is 429 g/mol. The summed E-state index contributed by atoms with van der Waals surface area (Å²) in [5, 5.41) is 9.44. The van der Waals surface area contributed by atoms with Gasteiger partial charge >= 0.3 is 0 Å². The van der Waals surface area contributed by atoms with Crippen LogP contribution >= 0.6 is 11.3 Å². The summed E-state index contributed by atoms with van der Waals surface area (Å²) < 4.78 is 26.5. The zero-order valence-electron chi connectivity index (χ0n) is 17.0. The summed E-state index contributed by atoms with van der Waals surface area (Å²) in [5.74, 6) is 0.848. The third-order valence-electron chi connectivity index (χ3n) is 4.90. The maximum absolute atomic E-state index is 11.6. The third kappa shape index (κ3) is 3.74. The van der Waals surface area contributed by atoms with E-state index in [0.717, 1.165) is 45.1 Å². The number of nitrogens with one attached hydrogen (secondary N) is 1. The molecule has 0 spiro atoms. The number of hydrogen-bond donors (Lipinski definition) is 1. The molecular weight excluding hydrogens is 404 g/mol. The van der Waals surface area contributed by atoms with Crippen molar-refractivity contribution >= 4 is 47.4 Å². The van der Waals surface area contributed by atoms with Crippen molar-refractivity contribution in [3.8, 4) is 0 Å². The van der Waals surface area contributed by atoms with Crippen LogP contribution in [-0.2, 0) is 22.9 Å². The predicted octanol–water partition coefficient (Wildman–Crippen LogP) is 4.69. The Morgan fingerprint density at radius 1 is 1.17 bits per heavy atom. The molecule has 0 aliphatic rings. The van der Waals surface area contributed by atoms with Crippen LogP contribution in [0.5, 0.6) is 0 Å². The van der Waals surface area contributed by atoms with Gasteiger partial charge in [-0.1, -0.05) is 19.1 Å². The highest BCUT2D eigenvalue weighted by atomic mass is 32.2. The van der Waals surface area contributed by atoms with Crippen LogP contribution in [-0.4, -0.2) is 29.4 Å². The smallest absolute Gasteiger partial charge is 0.175 e. The Labute approximate surface area is 174 Å². The first-order valence-electron chi connectivity index (χ1n) is 9.58. The molecule has 0 radical (unpaired) electrons. The maximum atomic E-state index is 11.6. The van der Waals surface area contributed by atoms with Crippen LogP contribution < -0.4 is 5.32 Å². The number of hydrogen-bond acceptors (Lipinski definition) is 6. The Balaban J connectivity index is 1.71. The molecule has 4 aromatic rings. The van der Waals surface area contributed by atoms with Crippen molar-refractivity contribution in [2.24, 2.45) is 0 Å². The minimum atomic E-state index is -3.18. The van der Waals surface area contributed by atoms with Crippen molar-refractivity contribution in [2.75, 3.05) is 11.6 Å². The Hall–Kier alpha value is -2.45. The van der Waals surface area contributed by atoms with Gasteiger partial charge in [-0.05, 0) is 49.6 Å². The molecule has 29 heavy (non-hydrogen) atoms. The lowest BCUT2D eigenvalue weighted by molar-refractivity contribution is 0.602. The fourth-order valence-electron chi connectivity index (χ4n) is 3.58. The molecule has 0 atom stereocenters. The van der Waals surface area contributed by atoms with E-state index in [1.54, 1.807) is 23.5 Å². The van der Waals surface area contributed by atoms with Crippen molar-refractivity contribution in [1.29, 1.82) is 0 Å². The number of benzene rings is 1. The summed E-state index contributed by atoms with van der Waals surface area (Å²) in [6.07, 6.45) is 2.22. The van der Waals surface area contributed by atoms with Crippen LogP contribution in [0.15, 0.2) is 35.2 Å². The highest BCUT2D eigenvalue weighted by Gasteiger charge is 2.19. The molecule has 6 nitrogen and oxygen atoms in total. The normalized spacial score (nSPS) is 12.1.